The van der Waals surface area contributed by atoms with E-state index in [-0.39, 0.29) is 19.1 Å². The van der Waals surface area contributed by atoms with Crippen molar-refractivity contribution in [1.29, 1.82) is 0 Å². The highest BCUT2D eigenvalue weighted by atomic mass is 16.5. The maximum absolute atomic E-state index is 12.4. The van der Waals surface area contributed by atoms with E-state index in [1.165, 1.54) is 11.8 Å². The van der Waals surface area contributed by atoms with Crippen LogP contribution in [0.1, 0.15) is 54.5 Å². The first-order valence-corrected chi connectivity index (χ1v) is 13.1. The molecule has 210 valence electrons. The fourth-order valence-corrected chi connectivity index (χ4v) is 3.65. The van der Waals surface area contributed by atoms with Crippen molar-refractivity contribution in [3.8, 4) is 11.5 Å². The van der Waals surface area contributed by atoms with Gasteiger partial charge in [0.2, 0.25) is 0 Å². The lowest BCUT2D eigenvalue weighted by atomic mass is 10.0. The van der Waals surface area contributed by atoms with Gasteiger partial charge in [-0.05, 0) is 84.8 Å². The second-order valence-electron chi connectivity index (χ2n) is 9.55. The molecule has 0 aliphatic heterocycles. The van der Waals surface area contributed by atoms with Gasteiger partial charge in [-0.3, -0.25) is 14.4 Å². The fourth-order valence-electron chi connectivity index (χ4n) is 3.65. The highest BCUT2D eigenvalue weighted by Gasteiger charge is 2.13. The SMILES string of the molecule is CCOc1cc(/C=N\NC(=O)C(=O)NCc2ccc(C(C)C)cc2)ccc1OCC(=O)Nc1ccc(C)c(C)c1. The minimum Gasteiger partial charge on any atom is -0.490 e. The Morgan fingerprint density at radius 3 is 2.30 bits per heavy atom. The van der Waals surface area contributed by atoms with Crippen molar-refractivity contribution in [3.05, 3.63) is 88.5 Å². The number of amides is 3. The highest BCUT2D eigenvalue weighted by molar-refractivity contribution is 6.35. The minimum absolute atomic E-state index is 0.201. The van der Waals surface area contributed by atoms with E-state index in [4.69, 9.17) is 9.47 Å². The number of benzene rings is 3. The molecule has 0 aliphatic carbocycles. The number of hydrogen-bond donors (Lipinski definition) is 3. The third-order valence-electron chi connectivity index (χ3n) is 6.10. The van der Waals surface area contributed by atoms with Crippen molar-refractivity contribution in [2.45, 2.75) is 47.1 Å². The zero-order chi connectivity index (χ0) is 29.1. The largest absolute Gasteiger partial charge is 0.490 e. The third kappa shape index (κ3) is 8.97. The van der Waals surface area contributed by atoms with Gasteiger partial charge in [-0.2, -0.15) is 5.10 Å². The topological polar surface area (TPSA) is 118 Å². The summed E-state index contributed by atoms with van der Waals surface area (Å²) in [5.74, 6) is -0.749. The van der Waals surface area contributed by atoms with Crippen molar-refractivity contribution in [3.63, 3.8) is 0 Å². The molecule has 0 heterocycles. The molecule has 0 aliphatic rings. The Morgan fingerprint density at radius 2 is 1.62 bits per heavy atom. The molecule has 0 spiro atoms. The molecule has 40 heavy (non-hydrogen) atoms. The van der Waals surface area contributed by atoms with Crippen LogP contribution in [0.2, 0.25) is 0 Å². The molecule has 0 saturated carbocycles. The lowest BCUT2D eigenvalue weighted by Gasteiger charge is -2.13. The van der Waals surface area contributed by atoms with Crippen molar-refractivity contribution >= 4 is 29.6 Å². The molecule has 0 saturated heterocycles. The molecule has 3 N–H and O–H groups in total. The monoisotopic (exact) mass is 544 g/mol. The lowest BCUT2D eigenvalue weighted by molar-refractivity contribution is -0.139. The van der Waals surface area contributed by atoms with Gasteiger partial charge in [-0.25, -0.2) is 5.43 Å². The van der Waals surface area contributed by atoms with Crippen molar-refractivity contribution in [2.24, 2.45) is 5.10 Å². The van der Waals surface area contributed by atoms with Gasteiger partial charge in [0.1, 0.15) is 0 Å². The Kier molecular flexibility index (Phi) is 10.8. The van der Waals surface area contributed by atoms with Crippen molar-refractivity contribution < 1.29 is 23.9 Å². The number of carbonyl (C=O) groups excluding carboxylic acids is 3. The molecule has 0 atom stereocenters. The van der Waals surface area contributed by atoms with Crippen LogP contribution in [0.3, 0.4) is 0 Å². The second-order valence-corrected chi connectivity index (χ2v) is 9.55. The number of ether oxygens (including phenoxy) is 2. The zero-order valence-corrected chi connectivity index (χ0v) is 23.5. The molecule has 3 aromatic rings. The molecule has 9 heteroatoms. The number of nitrogens with one attached hydrogen (secondary N) is 3. The van der Waals surface area contributed by atoms with Crippen LogP contribution in [0.5, 0.6) is 11.5 Å². The van der Waals surface area contributed by atoms with Crippen molar-refractivity contribution in [1.82, 2.24) is 10.7 Å². The Morgan fingerprint density at radius 1 is 0.875 bits per heavy atom. The molecule has 0 radical (unpaired) electrons. The number of anilines is 1. The highest BCUT2D eigenvalue weighted by Crippen LogP contribution is 2.28. The summed E-state index contributed by atoms with van der Waals surface area (Å²) in [7, 11) is 0. The van der Waals surface area contributed by atoms with Crippen LogP contribution >= 0.6 is 0 Å². The Labute approximate surface area is 235 Å². The Hall–Kier alpha value is -4.66. The van der Waals surface area contributed by atoms with Gasteiger partial charge >= 0.3 is 11.8 Å². The smallest absolute Gasteiger partial charge is 0.329 e. The summed E-state index contributed by atoms with van der Waals surface area (Å²) < 4.78 is 11.3. The fraction of sp³-hybridized carbons (Fsp3) is 0.290. The second kappa shape index (κ2) is 14.5. The van der Waals surface area contributed by atoms with Gasteiger partial charge in [-0.15, -0.1) is 0 Å². The maximum atomic E-state index is 12.4. The summed E-state index contributed by atoms with van der Waals surface area (Å²) in [5.41, 5.74) is 7.84. The summed E-state index contributed by atoms with van der Waals surface area (Å²) in [6.45, 7) is 10.4. The van der Waals surface area contributed by atoms with Gasteiger partial charge in [0.05, 0.1) is 12.8 Å². The van der Waals surface area contributed by atoms with E-state index in [1.807, 2.05) is 63.2 Å². The number of aryl methyl sites for hydroxylation is 2. The van der Waals surface area contributed by atoms with Crippen LogP contribution in [-0.4, -0.2) is 37.1 Å². The van der Waals surface area contributed by atoms with E-state index >= 15 is 0 Å². The molecular weight excluding hydrogens is 508 g/mol. The molecule has 3 rings (SSSR count). The summed E-state index contributed by atoms with van der Waals surface area (Å²) in [5, 5.41) is 9.26. The molecule has 0 unspecified atom stereocenters. The molecule has 0 fully saturated rings. The number of carbonyl (C=O) groups is 3. The molecular formula is C31H36N4O5. The first-order valence-electron chi connectivity index (χ1n) is 13.1. The predicted molar refractivity (Wildman–Crippen MR) is 156 cm³/mol. The molecule has 3 amide bonds. The van der Waals surface area contributed by atoms with Gasteiger partial charge in [0.15, 0.2) is 18.1 Å². The molecule has 9 nitrogen and oxygen atoms in total. The molecule has 3 aromatic carbocycles. The van der Waals surface area contributed by atoms with Gasteiger partial charge in [0, 0.05) is 12.2 Å². The minimum atomic E-state index is -0.880. The first-order chi connectivity index (χ1) is 19.2. The Bertz CT molecular complexity index is 1370. The third-order valence-corrected chi connectivity index (χ3v) is 6.10. The van der Waals surface area contributed by atoms with Gasteiger partial charge in [-0.1, -0.05) is 44.2 Å². The average molecular weight is 545 g/mol. The van der Waals surface area contributed by atoms with Crippen molar-refractivity contribution in [2.75, 3.05) is 18.5 Å². The van der Waals surface area contributed by atoms with E-state index < -0.39 is 11.8 Å². The average Bonchev–Trinajstić information content (AvgIpc) is 2.93. The van der Waals surface area contributed by atoms with Crippen LogP contribution in [0.15, 0.2) is 65.8 Å². The predicted octanol–water partition coefficient (Wildman–Crippen LogP) is 4.61. The maximum Gasteiger partial charge on any atom is 0.329 e. The summed E-state index contributed by atoms with van der Waals surface area (Å²) in [4.78, 5) is 36.6. The molecule has 0 bridgehead atoms. The normalized spacial score (nSPS) is 10.8. The van der Waals surface area contributed by atoms with Crippen LogP contribution < -0.4 is 25.5 Å². The van der Waals surface area contributed by atoms with E-state index in [2.05, 4.69) is 35.0 Å². The standard InChI is InChI=1S/C31H36N4O5/c1-6-39-28-16-24(10-14-27(28)40-19-29(36)34-26-13-7-21(4)22(5)15-26)18-33-35-31(38)30(37)32-17-23-8-11-25(12-9-23)20(2)3/h7-16,18,20H,6,17,19H2,1-5H3,(H,32,37)(H,34,36)(H,35,38)/b33-18-. The van der Waals surface area contributed by atoms with Crippen LogP contribution in [0.25, 0.3) is 0 Å². The Balaban J connectivity index is 1.51. The quantitative estimate of drug-likeness (QED) is 0.185. The molecule has 0 aromatic heterocycles. The van der Waals surface area contributed by atoms with E-state index in [0.29, 0.717) is 35.3 Å². The zero-order valence-electron chi connectivity index (χ0n) is 23.5. The van der Waals surface area contributed by atoms with Crippen LogP contribution in [0.4, 0.5) is 5.69 Å². The van der Waals surface area contributed by atoms with Gasteiger partial charge in [0.25, 0.3) is 5.91 Å². The number of rotatable bonds is 11. The summed E-state index contributed by atoms with van der Waals surface area (Å²) in [6.07, 6.45) is 1.38. The van der Waals surface area contributed by atoms with E-state index in [9.17, 15) is 14.4 Å². The van der Waals surface area contributed by atoms with E-state index in [1.54, 1.807) is 18.2 Å². The number of nitrogens with zero attached hydrogens (tertiary/aromatic N) is 1. The van der Waals surface area contributed by atoms with E-state index in [0.717, 1.165) is 16.7 Å². The first kappa shape index (κ1) is 29.9. The number of hydrazone groups is 1. The number of hydrogen-bond acceptors (Lipinski definition) is 6. The summed E-state index contributed by atoms with van der Waals surface area (Å²) in [6, 6.07) is 18.5. The van der Waals surface area contributed by atoms with Crippen LogP contribution in [0, 0.1) is 13.8 Å². The lowest BCUT2D eigenvalue weighted by Crippen LogP contribution is -2.37. The summed E-state index contributed by atoms with van der Waals surface area (Å²) >= 11 is 0. The van der Waals surface area contributed by atoms with Crippen LogP contribution in [-0.2, 0) is 20.9 Å². The van der Waals surface area contributed by atoms with Gasteiger partial charge < -0.3 is 20.1 Å².